The molecule has 1 saturated heterocycles. The van der Waals surface area contributed by atoms with Crippen LogP contribution in [0.1, 0.15) is 35.7 Å². The molecule has 2 rings (SSSR count). The zero-order valence-corrected chi connectivity index (χ0v) is 15.1. The van der Waals surface area contributed by atoms with Crippen molar-refractivity contribution in [3.8, 4) is 0 Å². The molecule has 0 spiro atoms. The van der Waals surface area contributed by atoms with Gasteiger partial charge < -0.3 is 10.1 Å². The van der Waals surface area contributed by atoms with Gasteiger partial charge >= 0.3 is 5.97 Å². The van der Waals surface area contributed by atoms with Gasteiger partial charge in [0, 0.05) is 12.1 Å². The van der Waals surface area contributed by atoms with Crippen LogP contribution in [-0.2, 0) is 14.8 Å². The number of hydrogen-bond donors (Lipinski definition) is 2. The van der Waals surface area contributed by atoms with E-state index in [4.69, 9.17) is 0 Å². The van der Waals surface area contributed by atoms with Gasteiger partial charge in [0.15, 0.2) is 0 Å². The van der Waals surface area contributed by atoms with E-state index in [0.717, 1.165) is 19.4 Å². The summed E-state index contributed by atoms with van der Waals surface area (Å²) in [7, 11) is -2.37. The highest BCUT2D eigenvalue weighted by Gasteiger charge is 2.25. The Labute approximate surface area is 143 Å². The van der Waals surface area contributed by atoms with Gasteiger partial charge in [-0.1, -0.05) is 6.07 Å². The third-order valence-corrected chi connectivity index (χ3v) is 5.39. The summed E-state index contributed by atoms with van der Waals surface area (Å²) in [4.78, 5) is 11.8. The second-order valence-electron chi connectivity index (χ2n) is 5.67. The molecule has 2 N–H and O–H groups in total. The van der Waals surface area contributed by atoms with Crippen LogP contribution in [-0.4, -0.2) is 40.1 Å². The van der Waals surface area contributed by atoms with Crippen LogP contribution < -0.4 is 10.0 Å². The molecule has 0 saturated carbocycles. The number of rotatable bonds is 4. The maximum absolute atomic E-state index is 12.5. The Kier molecular flexibility index (Phi) is 7.01. The predicted octanol–water partition coefficient (Wildman–Crippen LogP) is 1.62. The number of nitrogens with one attached hydrogen (secondary N) is 2. The molecule has 6 nitrogen and oxygen atoms in total. The van der Waals surface area contributed by atoms with Gasteiger partial charge in [-0.25, -0.2) is 17.9 Å². The van der Waals surface area contributed by atoms with Crippen LogP contribution >= 0.6 is 12.4 Å². The summed E-state index contributed by atoms with van der Waals surface area (Å²) in [5.74, 6) is -0.537. The normalized spacial score (nSPS) is 21.3. The Bertz CT molecular complexity index is 663. The summed E-state index contributed by atoms with van der Waals surface area (Å²) >= 11 is 0. The number of carbonyl (C=O) groups excluding carboxylic acids is 1. The van der Waals surface area contributed by atoms with Crippen molar-refractivity contribution in [3.63, 3.8) is 0 Å². The minimum atomic E-state index is -3.65. The van der Waals surface area contributed by atoms with Gasteiger partial charge in [0.1, 0.15) is 0 Å². The van der Waals surface area contributed by atoms with Crippen molar-refractivity contribution in [3.05, 3.63) is 29.3 Å². The Morgan fingerprint density at radius 2 is 2.09 bits per heavy atom. The Morgan fingerprint density at radius 1 is 1.39 bits per heavy atom. The highest BCUT2D eigenvalue weighted by molar-refractivity contribution is 7.89. The van der Waals surface area contributed by atoms with E-state index in [1.807, 2.05) is 6.92 Å². The van der Waals surface area contributed by atoms with Gasteiger partial charge in [0.25, 0.3) is 0 Å². The highest BCUT2D eigenvalue weighted by Crippen LogP contribution is 2.18. The lowest BCUT2D eigenvalue weighted by molar-refractivity contribution is 0.0599. The van der Waals surface area contributed by atoms with Crippen LogP contribution in [0.4, 0.5) is 0 Å². The third-order valence-electron chi connectivity index (χ3n) is 3.87. The van der Waals surface area contributed by atoms with E-state index in [-0.39, 0.29) is 34.9 Å². The summed E-state index contributed by atoms with van der Waals surface area (Å²) in [6.45, 7) is 4.56. The first-order valence-electron chi connectivity index (χ1n) is 7.28. The molecule has 23 heavy (non-hydrogen) atoms. The van der Waals surface area contributed by atoms with Crippen molar-refractivity contribution in [2.75, 3.05) is 13.7 Å². The number of piperidine rings is 1. The second-order valence-corrected chi connectivity index (χ2v) is 7.38. The molecule has 1 aliphatic heterocycles. The number of hydrogen-bond acceptors (Lipinski definition) is 5. The Hall–Kier alpha value is -1.15. The van der Waals surface area contributed by atoms with Crippen molar-refractivity contribution in [1.29, 1.82) is 0 Å². The summed E-state index contributed by atoms with van der Waals surface area (Å²) < 4.78 is 32.4. The molecule has 0 radical (unpaired) electrons. The van der Waals surface area contributed by atoms with Crippen LogP contribution in [0.15, 0.2) is 23.1 Å². The standard InChI is InChI=1S/C15H22N2O4S.ClH/c1-10-4-5-13(9-14(10)15(18)21-3)22(19,20)17-12-6-7-16-11(2)8-12;/h4-5,9,11-12,16-17H,6-8H2,1-3H3;1H. The van der Waals surface area contributed by atoms with Gasteiger partial charge in [-0.2, -0.15) is 0 Å². The molecule has 1 aromatic rings. The maximum atomic E-state index is 12.5. The second kappa shape index (κ2) is 8.10. The zero-order chi connectivity index (χ0) is 16.3. The molecule has 2 atom stereocenters. The zero-order valence-electron chi connectivity index (χ0n) is 13.5. The molecule has 1 fully saturated rings. The van der Waals surface area contributed by atoms with Crippen molar-refractivity contribution < 1.29 is 17.9 Å². The lowest BCUT2D eigenvalue weighted by Crippen LogP contribution is -2.46. The quantitative estimate of drug-likeness (QED) is 0.795. The lowest BCUT2D eigenvalue weighted by atomic mass is 10.0. The molecule has 0 bridgehead atoms. The molecule has 0 amide bonds. The molecular formula is C15H23ClN2O4S. The van der Waals surface area contributed by atoms with Gasteiger partial charge in [-0.15, -0.1) is 12.4 Å². The number of ether oxygens (including phenoxy) is 1. The molecule has 1 aromatic carbocycles. The maximum Gasteiger partial charge on any atom is 0.338 e. The molecule has 130 valence electrons. The first-order valence-corrected chi connectivity index (χ1v) is 8.76. The van der Waals surface area contributed by atoms with E-state index >= 15 is 0 Å². The van der Waals surface area contributed by atoms with E-state index in [1.54, 1.807) is 13.0 Å². The fourth-order valence-corrected chi connectivity index (χ4v) is 3.93. The van der Waals surface area contributed by atoms with E-state index in [9.17, 15) is 13.2 Å². The fraction of sp³-hybridized carbons (Fsp3) is 0.533. The van der Waals surface area contributed by atoms with E-state index in [2.05, 4.69) is 14.8 Å². The van der Waals surface area contributed by atoms with Crippen molar-refractivity contribution in [2.24, 2.45) is 0 Å². The molecule has 0 aliphatic carbocycles. The smallest absolute Gasteiger partial charge is 0.338 e. The van der Waals surface area contributed by atoms with Crippen molar-refractivity contribution in [2.45, 2.75) is 43.7 Å². The van der Waals surface area contributed by atoms with E-state index < -0.39 is 16.0 Å². The summed E-state index contributed by atoms with van der Waals surface area (Å²) in [6, 6.07) is 4.68. The summed E-state index contributed by atoms with van der Waals surface area (Å²) in [5.41, 5.74) is 0.949. The van der Waals surface area contributed by atoms with Gasteiger partial charge in [-0.05, 0) is 50.9 Å². The highest BCUT2D eigenvalue weighted by atomic mass is 35.5. The predicted molar refractivity (Wildman–Crippen MR) is 90.6 cm³/mol. The minimum absolute atomic E-state index is 0. The number of sulfonamides is 1. The third kappa shape index (κ3) is 4.91. The van der Waals surface area contributed by atoms with Crippen LogP contribution in [0.25, 0.3) is 0 Å². The molecule has 2 unspecified atom stereocenters. The van der Waals surface area contributed by atoms with Crippen LogP contribution in [0.5, 0.6) is 0 Å². The van der Waals surface area contributed by atoms with Crippen molar-refractivity contribution >= 4 is 28.4 Å². The van der Waals surface area contributed by atoms with Crippen LogP contribution in [0.2, 0.25) is 0 Å². The van der Waals surface area contributed by atoms with Gasteiger partial charge in [0.2, 0.25) is 10.0 Å². The van der Waals surface area contributed by atoms with E-state index in [1.165, 1.54) is 19.2 Å². The monoisotopic (exact) mass is 362 g/mol. The topological polar surface area (TPSA) is 84.5 Å². The summed E-state index contributed by atoms with van der Waals surface area (Å²) in [5, 5.41) is 3.28. The molecule has 1 heterocycles. The lowest BCUT2D eigenvalue weighted by Gasteiger charge is -2.28. The van der Waals surface area contributed by atoms with Crippen LogP contribution in [0, 0.1) is 6.92 Å². The fourth-order valence-electron chi connectivity index (χ4n) is 2.62. The van der Waals surface area contributed by atoms with Gasteiger partial charge in [-0.3, -0.25) is 0 Å². The molecule has 0 aromatic heterocycles. The Balaban J connectivity index is 0.00000264. The number of aryl methyl sites for hydroxylation is 1. The first kappa shape index (κ1) is 19.9. The largest absolute Gasteiger partial charge is 0.465 e. The summed E-state index contributed by atoms with van der Waals surface area (Å²) in [6.07, 6.45) is 1.49. The molecule has 1 aliphatic rings. The molecule has 8 heteroatoms. The number of methoxy groups -OCH3 is 1. The number of halogens is 1. The number of esters is 1. The van der Waals surface area contributed by atoms with E-state index in [0.29, 0.717) is 5.56 Å². The van der Waals surface area contributed by atoms with Crippen molar-refractivity contribution in [1.82, 2.24) is 10.0 Å². The van der Waals surface area contributed by atoms with Crippen LogP contribution in [0.3, 0.4) is 0 Å². The van der Waals surface area contributed by atoms with Gasteiger partial charge in [0.05, 0.1) is 17.6 Å². The number of benzene rings is 1. The minimum Gasteiger partial charge on any atom is -0.465 e. The average Bonchev–Trinajstić information content (AvgIpc) is 2.46. The SMILES string of the molecule is COC(=O)c1cc(S(=O)(=O)NC2CCNC(C)C2)ccc1C.Cl. The first-order chi connectivity index (χ1) is 10.3. The number of carbonyl (C=O) groups is 1. The molecular weight excluding hydrogens is 340 g/mol. The average molecular weight is 363 g/mol. The Morgan fingerprint density at radius 3 is 2.70 bits per heavy atom.